The van der Waals surface area contributed by atoms with Crippen molar-refractivity contribution in [1.29, 1.82) is 0 Å². The average molecular weight is 323 g/mol. The molecule has 0 aliphatic carbocycles. The van der Waals surface area contributed by atoms with Gasteiger partial charge < -0.3 is 15.0 Å². The molecule has 0 aliphatic heterocycles. The minimum absolute atomic E-state index is 0.0461. The number of methoxy groups -OCH3 is 1. The van der Waals surface area contributed by atoms with E-state index in [0.29, 0.717) is 5.69 Å². The summed E-state index contributed by atoms with van der Waals surface area (Å²) < 4.78 is 4.57. The predicted octanol–water partition coefficient (Wildman–Crippen LogP) is 1.81. The molecule has 0 spiro atoms. The number of nitrogens with one attached hydrogen (secondary N) is 1. The SMILES string of the molecule is COC(=O)CN(C(=O)CCNc1ccccc1[N+](=O)[O-])C(C)C. The van der Waals surface area contributed by atoms with Gasteiger partial charge in [0.2, 0.25) is 5.91 Å². The summed E-state index contributed by atoms with van der Waals surface area (Å²) in [7, 11) is 1.27. The van der Waals surface area contributed by atoms with Crippen LogP contribution in [-0.4, -0.2) is 47.9 Å². The van der Waals surface area contributed by atoms with Crippen molar-refractivity contribution in [2.45, 2.75) is 26.3 Å². The fourth-order valence-electron chi connectivity index (χ4n) is 1.99. The second-order valence-corrected chi connectivity index (χ2v) is 5.14. The molecule has 1 aromatic carbocycles. The maximum Gasteiger partial charge on any atom is 0.325 e. The highest BCUT2D eigenvalue weighted by atomic mass is 16.6. The van der Waals surface area contributed by atoms with Gasteiger partial charge in [-0.15, -0.1) is 0 Å². The summed E-state index contributed by atoms with van der Waals surface area (Å²) in [4.78, 5) is 35.4. The maximum absolute atomic E-state index is 12.2. The number of ether oxygens (including phenoxy) is 1. The summed E-state index contributed by atoms with van der Waals surface area (Å²) in [5.41, 5.74) is 0.310. The number of nitro benzene ring substituents is 1. The normalized spacial score (nSPS) is 10.3. The number of amides is 1. The Kier molecular flexibility index (Phi) is 6.98. The van der Waals surface area contributed by atoms with Gasteiger partial charge in [0.05, 0.1) is 12.0 Å². The molecule has 0 aliphatic rings. The van der Waals surface area contributed by atoms with Crippen molar-refractivity contribution in [3.63, 3.8) is 0 Å². The Balaban J connectivity index is 2.61. The number of benzene rings is 1. The summed E-state index contributed by atoms with van der Waals surface area (Å²) in [6.07, 6.45) is 0.112. The maximum atomic E-state index is 12.2. The Bertz CT molecular complexity index is 574. The number of nitrogens with zero attached hydrogens (tertiary/aromatic N) is 2. The van der Waals surface area contributed by atoms with Gasteiger partial charge in [-0.25, -0.2) is 0 Å². The van der Waals surface area contributed by atoms with Crippen LogP contribution in [0.1, 0.15) is 20.3 Å². The van der Waals surface area contributed by atoms with Crippen molar-refractivity contribution in [3.05, 3.63) is 34.4 Å². The van der Waals surface area contributed by atoms with E-state index in [9.17, 15) is 19.7 Å². The van der Waals surface area contributed by atoms with Crippen LogP contribution >= 0.6 is 0 Å². The van der Waals surface area contributed by atoms with Crippen molar-refractivity contribution in [1.82, 2.24) is 4.90 Å². The third-order valence-electron chi connectivity index (χ3n) is 3.23. The lowest BCUT2D eigenvalue weighted by atomic mass is 10.2. The van der Waals surface area contributed by atoms with Crippen LogP contribution < -0.4 is 5.32 Å². The summed E-state index contributed by atoms with van der Waals surface area (Å²) in [6.45, 7) is 3.72. The average Bonchev–Trinajstić information content (AvgIpc) is 2.52. The van der Waals surface area contributed by atoms with Gasteiger partial charge in [0, 0.05) is 25.1 Å². The van der Waals surface area contributed by atoms with Gasteiger partial charge in [-0.3, -0.25) is 19.7 Å². The molecule has 0 saturated heterocycles. The first-order valence-corrected chi connectivity index (χ1v) is 7.20. The summed E-state index contributed by atoms with van der Waals surface area (Å²) >= 11 is 0. The number of anilines is 1. The van der Waals surface area contributed by atoms with E-state index in [1.807, 2.05) is 0 Å². The molecule has 1 aromatic rings. The van der Waals surface area contributed by atoms with Crippen LogP contribution in [0, 0.1) is 10.1 Å². The molecule has 126 valence electrons. The van der Waals surface area contributed by atoms with Gasteiger partial charge >= 0.3 is 5.97 Å². The zero-order valence-corrected chi connectivity index (χ0v) is 13.4. The molecule has 8 nitrogen and oxygen atoms in total. The minimum atomic E-state index is -0.487. The van der Waals surface area contributed by atoms with E-state index in [0.717, 1.165) is 0 Å². The Labute approximate surface area is 134 Å². The van der Waals surface area contributed by atoms with Crippen molar-refractivity contribution in [3.8, 4) is 0 Å². The molecule has 0 unspecified atom stereocenters. The molecule has 0 atom stereocenters. The minimum Gasteiger partial charge on any atom is -0.468 e. The summed E-state index contributed by atoms with van der Waals surface area (Å²) in [5, 5.41) is 13.8. The van der Waals surface area contributed by atoms with E-state index >= 15 is 0 Å². The van der Waals surface area contributed by atoms with Gasteiger partial charge in [-0.1, -0.05) is 12.1 Å². The molecule has 8 heteroatoms. The highest BCUT2D eigenvalue weighted by Crippen LogP contribution is 2.22. The van der Waals surface area contributed by atoms with Crippen molar-refractivity contribution < 1.29 is 19.2 Å². The Morgan fingerprint density at radius 3 is 2.57 bits per heavy atom. The number of rotatable bonds is 8. The van der Waals surface area contributed by atoms with E-state index in [-0.39, 0.29) is 37.1 Å². The molecule has 0 fully saturated rings. The van der Waals surface area contributed by atoms with E-state index < -0.39 is 10.9 Å². The van der Waals surface area contributed by atoms with Gasteiger partial charge in [0.15, 0.2) is 0 Å². The summed E-state index contributed by atoms with van der Waals surface area (Å²) in [6, 6.07) is 6.08. The topological polar surface area (TPSA) is 102 Å². The van der Waals surface area contributed by atoms with Crippen molar-refractivity contribution >= 4 is 23.3 Å². The standard InChI is InChI=1S/C15H21N3O5/c1-11(2)17(10-15(20)23-3)14(19)8-9-16-12-6-4-5-7-13(12)18(21)22/h4-7,11,16H,8-10H2,1-3H3. The first kappa shape index (κ1) is 18.4. The fourth-order valence-corrected chi connectivity index (χ4v) is 1.99. The molecule has 0 radical (unpaired) electrons. The molecule has 1 amide bonds. The second kappa shape index (κ2) is 8.72. The first-order valence-electron chi connectivity index (χ1n) is 7.20. The molecule has 1 rings (SSSR count). The number of esters is 1. The number of para-hydroxylation sites is 2. The van der Waals surface area contributed by atoms with E-state index in [1.54, 1.807) is 32.0 Å². The lowest BCUT2D eigenvalue weighted by Crippen LogP contribution is -2.41. The van der Waals surface area contributed by atoms with Crippen LogP contribution in [0.5, 0.6) is 0 Å². The van der Waals surface area contributed by atoms with Gasteiger partial charge in [-0.05, 0) is 19.9 Å². The quantitative estimate of drug-likeness (QED) is 0.445. The predicted molar refractivity (Wildman–Crippen MR) is 85.1 cm³/mol. The van der Waals surface area contributed by atoms with E-state index in [2.05, 4.69) is 10.1 Å². The zero-order valence-electron chi connectivity index (χ0n) is 13.4. The molecule has 0 saturated carbocycles. The van der Waals surface area contributed by atoms with Crippen molar-refractivity contribution in [2.75, 3.05) is 25.5 Å². The number of hydrogen-bond donors (Lipinski definition) is 1. The van der Waals surface area contributed by atoms with Crippen molar-refractivity contribution in [2.24, 2.45) is 0 Å². The smallest absolute Gasteiger partial charge is 0.325 e. The highest BCUT2D eigenvalue weighted by Gasteiger charge is 2.20. The van der Waals surface area contributed by atoms with Crippen LogP contribution in [0.25, 0.3) is 0 Å². The number of hydrogen-bond acceptors (Lipinski definition) is 6. The largest absolute Gasteiger partial charge is 0.468 e. The Morgan fingerprint density at radius 2 is 2.00 bits per heavy atom. The molecular formula is C15H21N3O5. The molecular weight excluding hydrogens is 302 g/mol. The van der Waals surface area contributed by atoms with Crippen LogP contribution in [0.3, 0.4) is 0 Å². The van der Waals surface area contributed by atoms with Crippen LogP contribution in [0.4, 0.5) is 11.4 Å². The van der Waals surface area contributed by atoms with Gasteiger partial charge in [0.25, 0.3) is 5.69 Å². The Hall–Kier alpha value is -2.64. The van der Waals surface area contributed by atoms with Gasteiger partial charge in [0.1, 0.15) is 12.2 Å². The molecule has 0 heterocycles. The molecule has 0 aromatic heterocycles. The monoisotopic (exact) mass is 323 g/mol. The van der Waals surface area contributed by atoms with Crippen LogP contribution in [0.15, 0.2) is 24.3 Å². The number of carbonyl (C=O) groups excluding carboxylic acids is 2. The number of carbonyl (C=O) groups is 2. The van der Waals surface area contributed by atoms with E-state index in [4.69, 9.17) is 0 Å². The van der Waals surface area contributed by atoms with Crippen LogP contribution in [-0.2, 0) is 14.3 Å². The third-order valence-corrected chi connectivity index (χ3v) is 3.23. The lowest BCUT2D eigenvalue weighted by molar-refractivity contribution is -0.384. The third kappa shape index (κ3) is 5.57. The van der Waals surface area contributed by atoms with E-state index in [1.165, 1.54) is 18.1 Å². The molecule has 1 N–H and O–H groups in total. The second-order valence-electron chi connectivity index (χ2n) is 5.14. The lowest BCUT2D eigenvalue weighted by Gasteiger charge is -2.25. The molecule has 23 heavy (non-hydrogen) atoms. The zero-order chi connectivity index (χ0) is 17.4. The molecule has 0 bridgehead atoms. The highest BCUT2D eigenvalue weighted by molar-refractivity contribution is 5.82. The first-order chi connectivity index (χ1) is 10.9. The van der Waals surface area contributed by atoms with Crippen LogP contribution in [0.2, 0.25) is 0 Å². The fraction of sp³-hybridized carbons (Fsp3) is 0.467. The Morgan fingerprint density at radius 1 is 1.35 bits per heavy atom. The summed E-state index contributed by atoms with van der Waals surface area (Å²) in [5.74, 6) is -0.713. The van der Waals surface area contributed by atoms with Gasteiger partial charge in [-0.2, -0.15) is 0 Å². The number of nitro groups is 1.